The molecule has 2 atom stereocenters. The Balaban J connectivity index is 1.73. The first kappa shape index (κ1) is 15.2. The number of nitrogens with zero attached hydrogens (tertiary/aromatic N) is 1. The molecule has 0 aromatic heterocycles. The van der Waals surface area contributed by atoms with Gasteiger partial charge in [0.15, 0.2) is 0 Å². The van der Waals surface area contributed by atoms with Gasteiger partial charge in [-0.3, -0.25) is 4.79 Å². The second-order valence-corrected chi connectivity index (χ2v) is 8.63. The fourth-order valence-corrected chi connectivity index (χ4v) is 6.57. The summed E-state index contributed by atoms with van der Waals surface area (Å²) < 4.78 is 32.8. The Morgan fingerprint density at radius 1 is 1.10 bits per heavy atom. The number of ether oxygens (including phenoxy) is 1. The third-order valence-electron chi connectivity index (χ3n) is 5.11. The lowest BCUT2D eigenvalue weighted by atomic mass is 9.90. The summed E-state index contributed by atoms with van der Waals surface area (Å²) in [5.74, 6) is -0.652. The number of rotatable bonds is 4. The first-order valence-electron chi connectivity index (χ1n) is 7.80. The van der Waals surface area contributed by atoms with Crippen molar-refractivity contribution in [1.29, 1.82) is 0 Å². The quantitative estimate of drug-likeness (QED) is 0.842. The van der Waals surface area contributed by atoms with Gasteiger partial charge in [0.25, 0.3) is 0 Å². The maximum absolute atomic E-state index is 12.9. The molecule has 3 saturated heterocycles. The normalized spacial score (nSPS) is 35.0. The molecular weight excluding hydrogens is 294 g/mol. The number of aliphatic carboxylic acids is 1. The first-order chi connectivity index (χ1) is 9.98. The molecular formula is C14H23NO5S. The van der Waals surface area contributed by atoms with Gasteiger partial charge in [-0.2, -0.15) is 4.31 Å². The van der Waals surface area contributed by atoms with Crippen molar-refractivity contribution in [1.82, 2.24) is 4.31 Å². The van der Waals surface area contributed by atoms with Gasteiger partial charge < -0.3 is 9.84 Å². The highest BCUT2D eigenvalue weighted by Gasteiger charge is 2.49. The maximum atomic E-state index is 12.9. The number of carbonyl (C=O) groups is 1. The number of sulfonamides is 1. The molecule has 0 aliphatic carbocycles. The van der Waals surface area contributed by atoms with Crippen LogP contribution in [0, 0.1) is 5.92 Å². The van der Waals surface area contributed by atoms with Gasteiger partial charge in [0.1, 0.15) is 0 Å². The fraction of sp³-hybridized carbons (Fsp3) is 0.929. The number of hydrogen-bond donors (Lipinski definition) is 1. The highest BCUT2D eigenvalue weighted by Crippen LogP contribution is 2.43. The van der Waals surface area contributed by atoms with E-state index < -0.39 is 16.0 Å². The SMILES string of the molecule is O=C(O)CC1CC2CCC(C1)N2S(=O)(=O)C1CCOCC1. The largest absolute Gasteiger partial charge is 0.481 e. The van der Waals surface area contributed by atoms with E-state index in [2.05, 4.69) is 0 Å². The number of carboxylic acids is 1. The van der Waals surface area contributed by atoms with Crippen LogP contribution < -0.4 is 0 Å². The Hall–Kier alpha value is -0.660. The van der Waals surface area contributed by atoms with Gasteiger partial charge in [-0.25, -0.2) is 8.42 Å². The molecule has 0 amide bonds. The number of fused-ring (bicyclic) bond motifs is 2. The van der Waals surface area contributed by atoms with E-state index in [-0.39, 0.29) is 29.7 Å². The Morgan fingerprint density at radius 3 is 2.19 bits per heavy atom. The Labute approximate surface area is 125 Å². The lowest BCUT2D eigenvalue weighted by Crippen LogP contribution is -2.51. The summed E-state index contributed by atoms with van der Waals surface area (Å²) in [5, 5.41) is 8.63. The summed E-state index contributed by atoms with van der Waals surface area (Å²) in [6.45, 7) is 1.05. The summed E-state index contributed by atoms with van der Waals surface area (Å²) in [7, 11) is -3.27. The summed E-state index contributed by atoms with van der Waals surface area (Å²) >= 11 is 0. The van der Waals surface area contributed by atoms with Crippen LogP contribution in [0.3, 0.4) is 0 Å². The molecule has 21 heavy (non-hydrogen) atoms. The van der Waals surface area contributed by atoms with Crippen molar-refractivity contribution in [3.8, 4) is 0 Å². The van der Waals surface area contributed by atoms with Crippen molar-refractivity contribution in [2.24, 2.45) is 5.92 Å². The van der Waals surface area contributed by atoms with Gasteiger partial charge in [-0.1, -0.05) is 0 Å². The summed E-state index contributed by atoms with van der Waals surface area (Å²) in [6, 6.07) is 0.0295. The zero-order chi connectivity index (χ0) is 15.0. The van der Waals surface area contributed by atoms with E-state index in [1.54, 1.807) is 4.31 Å². The van der Waals surface area contributed by atoms with Crippen LogP contribution in [0.2, 0.25) is 0 Å². The van der Waals surface area contributed by atoms with Gasteiger partial charge in [-0.15, -0.1) is 0 Å². The Kier molecular flexibility index (Phi) is 4.25. The lowest BCUT2D eigenvalue weighted by molar-refractivity contribution is -0.138. The standard InChI is InChI=1S/C14H23NO5S/c16-14(17)9-10-7-11-1-2-12(8-10)15(11)21(18,19)13-3-5-20-6-4-13/h10-13H,1-9H2,(H,16,17). The monoisotopic (exact) mass is 317 g/mol. The van der Waals surface area contributed by atoms with E-state index in [0.29, 0.717) is 38.9 Å². The van der Waals surface area contributed by atoms with E-state index in [4.69, 9.17) is 9.84 Å². The van der Waals surface area contributed by atoms with Gasteiger partial charge in [0, 0.05) is 31.7 Å². The van der Waals surface area contributed by atoms with Crippen LogP contribution in [-0.4, -0.2) is 54.3 Å². The van der Waals surface area contributed by atoms with Crippen LogP contribution in [0.4, 0.5) is 0 Å². The van der Waals surface area contributed by atoms with Crippen LogP contribution in [-0.2, 0) is 19.6 Å². The molecule has 1 N–H and O–H groups in total. The minimum Gasteiger partial charge on any atom is -0.481 e. The van der Waals surface area contributed by atoms with Crippen molar-refractivity contribution in [3.05, 3.63) is 0 Å². The van der Waals surface area contributed by atoms with Gasteiger partial charge >= 0.3 is 5.97 Å². The number of carboxylic acid groups (broad SMARTS) is 1. The van der Waals surface area contributed by atoms with Crippen LogP contribution in [0.15, 0.2) is 0 Å². The summed E-state index contributed by atoms with van der Waals surface area (Å²) in [5.41, 5.74) is 0. The van der Waals surface area contributed by atoms with E-state index in [9.17, 15) is 13.2 Å². The zero-order valence-corrected chi connectivity index (χ0v) is 12.9. The number of hydrogen-bond acceptors (Lipinski definition) is 4. The molecule has 3 rings (SSSR count). The highest BCUT2D eigenvalue weighted by molar-refractivity contribution is 7.89. The smallest absolute Gasteiger partial charge is 0.303 e. The molecule has 0 spiro atoms. The summed E-state index contributed by atoms with van der Waals surface area (Å²) in [4.78, 5) is 10.9. The second kappa shape index (κ2) is 5.85. The molecule has 120 valence electrons. The van der Waals surface area contributed by atoms with Crippen LogP contribution in [0.25, 0.3) is 0 Å². The molecule has 2 bridgehead atoms. The zero-order valence-electron chi connectivity index (χ0n) is 12.1. The molecule has 3 aliphatic heterocycles. The molecule has 6 nitrogen and oxygen atoms in total. The first-order valence-corrected chi connectivity index (χ1v) is 9.30. The van der Waals surface area contributed by atoms with Gasteiger partial charge in [-0.05, 0) is 44.4 Å². The molecule has 2 unspecified atom stereocenters. The molecule has 7 heteroatoms. The third kappa shape index (κ3) is 2.96. The number of piperidine rings is 1. The van der Waals surface area contributed by atoms with Crippen molar-refractivity contribution in [2.45, 2.75) is 62.3 Å². The van der Waals surface area contributed by atoms with Crippen molar-refractivity contribution < 1.29 is 23.1 Å². The van der Waals surface area contributed by atoms with Crippen LogP contribution >= 0.6 is 0 Å². The molecule has 3 aliphatic rings. The van der Waals surface area contributed by atoms with Crippen molar-refractivity contribution in [3.63, 3.8) is 0 Å². The van der Waals surface area contributed by atoms with E-state index >= 15 is 0 Å². The average Bonchev–Trinajstić information content (AvgIpc) is 2.72. The topological polar surface area (TPSA) is 83.9 Å². The Bertz CT molecular complexity index is 485. The van der Waals surface area contributed by atoms with E-state index in [1.165, 1.54) is 0 Å². The van der Waals surface area contributed by atoms with Gasteiger partial charge in [0.05, 0.1) is 5.25 Å². The molecule has 0 aromatic rings. The van der Waals surface area contributed by atoms with Crippen molar-refractivity contribution >= 4 is 16.0 Å². The molecule has 3 fully saturated rings. The lowest BCUT2D eigenvalue weighted by Gasteiger charge is -2.40. The van der Waals surface area contributed by atoms with Crippen LogP contribution in [0.1, 0.15) is 44.9 Å². The third-order valence-corrected chi connectivity index (χ3v) is 7.61. The Morgan fingerprint density at radius 2 is 1.67 bits per heavy atom. The van der Waals surface area contributed by atoms with Crippen LogP contribution in [0.5, 0.6) is 0 Å². The second-order valence-electron chi connectivity index (χ2n) is 6.51. The molecule has 3 heterocycles. The highest BCUT2D eigenvalue weighted by atomic mass is 32.2. The average molecular weight is 317 g/mol. The van der Waals surface area contributed by atoms with E-state index in [1.807, 2.05) is 0 Å². The molecule has 0 saturated carbocycles. The van der Waals surface area contributed by atoms with Crippen molar-refractivity contribution in [2.75, 3.05) is 13.2 Å². The minimum atomic E-state index is -3.27. The molecule has 0 aromatic carbocycles. The van der Waals surface area contributed by atoms with Gasteiger partial charge in [0.2, 0.25) is 10.0 Å². The minimum absolute atomic E-state index is 0.0148. The predicted octanol–water partition coefficient (Wildman–Crippen LogP) is 1.21. The predicted molar refractivity (Wildman–Crippen MR) is 76.4 cm³/mol. The van der Waals surface area contributed by atoms with E-state index in [0.717, 1.165) is 12.8 Å². The maximum Gasteiger partial charge on any atom is 0.303 e. The molecule has 0 radical (unpaired) electrons. The fourth-order valence-electron chi connectivity index (χ4n) is 4.22. The summed E-state index contributed by atoms with van der Waals surface area (Å²) in [6.07, 6.45) is 4.48.